The van der Waals surface area contributed by atoms with E-state index in [1.807, 2.05) is 19.1 Å². The van der Waals surface area contributed by atoms with E-state index in [-0.39, 0.29) is 29.1 Å². The van der Waals surface area contributed by atoms with Gasteiger partial charge in [0.15, 0.2) is 5.76 Å². The van der Waals surface area contributed by atoms with E-state index in [1.165, 1.54) is 25.4 Å². The first-order valence-corrected chi connectivity index (χ1v) is 10.3. The molecule has 3 atom stereocenters. The lowest BCUT2D eigenvalue weighted by molar-refractivity contribution is -0.128. The van der Waals surface area contributed by atoms with E-state index >= 15 is 0 Å². The molecule has 29 heavy (non-hydrogen) atoms. The molecule has 1 rings (SSSR count). The van der Waals surface area contributed by atoms with E-state index in [0.717, 1.165) is 19.3 Å². The molecular formula is C24H38O5. The van der Waals surface area contributed by atoms with Crippen molar-refractivity contribution in [2.24, 2.45) is 11.8 Å². The number of aliphatic hydroxyl groups is 2. The molecule has 5 nitrogen and oxygen atoms in total. The number of hydrogen-bond acceptors (Lipinski definition) is 5. The lowest BCUT2D eigenvalue weighted by atomic mass is 9.77. The number of allylic oxidation sites excluding steroid dienone is 6. The normalized spacial score (nSPS) is 24.4. The first kappa shape index (κ1) is 25.2. The van der Waals surface area contributed by atoms with Crippen molar-refractivity contribution in [3.8, 4) is 0 Å². The maximum atomic E-state index is 12.5. The Kier molecular flexibility index (Phi) is 9.87. The number of ether oxygens (including phenoxy) is 2. The predicted molar refractivity (Wildman–Crippen MR) is 116 cm³/mol. The third-order valence-corrected chi connectivity index (χ3v) is 5.34. The van der Waals surface area contributed by atoms with Crippen molar-refractivity contribution in [3.63, 3.8) is 0 Å². The first-order valence-electron chi connectivity index (χ1n) is 10.3. The van der Waals surface area contributed by atoms with Gasteiger partial charge >= 0.3 is 0 Å². The Hall–Kier alpha value is -1.85. The molecule has 0 unspecified atom stereocenters. The first-order chi connectivity index (χ1) is 13.5. The summed E-state index contributed by atoms with van der Waals surface area (Å²) in [5, 5.41) is 20.3. The van der Waals surface area contributed by atoms with Crippen LogP contribution in [0.15, 0.2) is 47.0 Å². The number of rotatable bonds is 10. The Morgan fingerprint density at radius 1 is 1.14 bits per heavy atom. The maximum absolute atomic E-state index is 12.5. The molecule has 0 spiro atoms. The summed E-state index contributed by atoms with van der Waals surface area (Å²) in [6.07, 6.45) is 10.6. The molecule has 0 amide bonds. The van der Waals surface area contributed by atoms with Gasteiger partial charge in [-0.25, -0.2) is 0 Å². The SMILES string of the molecule is COC1=C(OC)[C@H](O)[C@H](C/C=C(\C)CC/C=C(/C)C/C=C/C(C)(C)O)[C@@H](C)C1=O. The lowest BCUT2D eigenvalue weighted by Crippen LogP contribution is -2.40. The summed E-state index contributed by atoms with van der Waals surface area (Å²) in [5.41, 5.74) is 1.72. The van der Waals surface area contributed by atoms with Crippen LogP contribution in [0.25, 0.3) is 0 Å². The van der Waals surface area contributed by atoms with Crippen LogP contribution in [-0.4, -0.2) is 41.9 Å². The van der Waals surface area contributed by atoms with Gasteiger partial charge < -0.3 is 19.7 Å². The van der Waals surface area contributed by atoms with Gasteiger partial charge in [0.2, 0.25) is 11.5 Å². The second-order valence-corrected chi connectivity index (χ2v) is 8.50. The highest BCUT2D eigenvalue weighted by Crippen LogP contribution is 2.35. The summed E-state index contributed by atoms with van der Waals surface area (Å²) in [7, 11) is 2.87. The molecule has 1 aliphatic carbocycles. The van der Waals surface area contributed by atoms with Crippen molar-refractivity contribution in [2.45, 2.75) is 72.0 Å². The number of aliphatic hydroxyl groups excluding tert-OH is 1. The Balaban J connectivity index is 2.64. The summed E-state index contributed by atoms with van der Waals surface area (Å²) < 4.78 is 10.4. The minimum atomic E-state index is -0.851. The van der Waals surface area contributed by atoms with E-state index in [4.69, 9.17) is 9.47 Å². The van der Waals surface area contributed by atoms with Gasteiger partial charge in [-0.05, 0) is 53.4 Å². The molecule has 2 N–H and O–H groups in total. The van der Waals surface area contributed by atoms with Crippen molar-refractivity contribution >= 4 is 5.78 Å². The molecule has 0 aliphatic heterocycles. The smallest absolute Gasteiger partial charge is 0.204 e. The minimum Gasteiger partial charge on any atom is -0.494 e. The fraction of sp³-hybridized carbons (Fsp3) is 0.625. The van der Waals surface area contributed by atoms with Crippen LogP contribution < -0.4 is 0 Å². The van der Waals surface area contributed by atoms with Crippen LogP contribution in [0, 0.1) is 11.8 Å². The lowest BCUT2D eigenvalue weighted by Gasteiger charge is -2.33. The van der Waals surface area contributed by atoms with Gasteiger partial charge in [-0.1, -0.05) is 42.4 Å². The summed E-state index contributed by atoms with van der Waals surface area (Å²) in [6.45, 7) is 9.52. The number of ketones is 1. The van der Waals surface area contributed by atoms with Crippen LogP contribution in [0.4, 0.5) is 0 Å². The third kappa shape index (κ3) is 7.82. The highest BCUT2D eigenvalue weighted by Gasteiger charge is 2.42. The van der Waals surface area contributed by atoms with Crippen molar-refractivity contribution in [1.29, 1.82) is 0 Å². The molecule has 0 aromatic carbocycles. The van der Waals surface area contributed by atoms with Gasteiger partial charge in [-0.15, -0.1) is 0 Å². The average molecular weight is 407 g/mol. The molecule has 0 heterocycles. The summed E-state index contributed by atoms with van der Waals surface area (Å²) in [6, 6.07) is 0. The van der Waals surface area contributed by atoms with E-state index in [9.17, 15) is 15.0 Å². The fourth-order valence-electron chi connectivity index (χ4n) is 3.47. The predicted octanol–water partition coefficient (Wildman–Crippen LogP) is 4.47. The molecule has 0 fully saturated rings. The zero-order valence-electron chi connectivity index (χ0n) is 19.0. The molecule has 0 bridgehead atoms. The highest BCUT2D eigenvalue weighted by atomic mass is 16.5. The molecule has 0 saturated heterocycles. The van der Waals surface area contributed by atoms with Gasteiger partial charge in [0.25, 0.3) is 0 Å². The van der Waals surface area contributed by atoms with Crippen LogP contribution in [-0.2, 0) is 14.3 Å². The van der Waals surface area contributed by atoms with Crippen LogP contribution in [0.1, 0.15) is 60.3 Å². The Morgan fingerprint density at radius 3 is 2.34 bits per heavy atom. The average Bonchev–Trinajstić information content (AvgIpc) is 2.63. The number of Topliss-reactive ketones (excluding diaryl/α,β-unsaturated/α-hetero) is 1. The van der Waals surface area contributed by atoms with Crippen LogP contribution in [0.5, 0.6) is 0 Å². The fourth-order valence-corrected chi connectivity index (χ4v) is 3.47. The topological polar surface area (TPSA) is 76.0 Å². The summed E-state index contributed by atoms with van der Waals surface area (Å²) in [4.78, 5) is 12.5. The van der Waals surface area contributed by atoms with Crippen molar-refractivity contribution in [2.75, 3.05) is 14.2 Å². The summed E-state index contributed by atoms with van der Waals surface area (Å²) in [5.74, 6) is -0.320. The van der Waals surface area contributed by atoms with E-state index < -0.39 is 11.7 Å². The second-order valence-electron chi connectivity index (χ2n) is 8.50. The Morgan fingerprint density at radius 2 is 1.79 bits per heavy atom. The molecule has 0 saturated carbocycles. The number of methoxy groups -OCH3 is 2. The number of carbonyl (C=O) groups excluding carboxylic acids is 1. The Labute approximate surface area is 175 Å². The van der Waals surface area contributed by atoms with Crippen LogP contribution >= 0.6 is 0 Å². The van der Waals surface area contributed by atoms with Gasteiger partial charge in [0.1, 0.15) is 6.10 Å². The summed E-state index contributed by atoms with van der Waals surface area (Å²) >= 11 is 0. The van der Waals surface area contributed by atoms with Crippen LogP contribution in [0.3, 0.4) is 0 Å². The number of carbonyl (C=O) groups is 1. The van der Waals surface area contributed by atoms with Gasteiger partial charge in [-0.2, -0.15) is 0 Å². The zero-order chi connectivity index (χ0) is 22.2. The molecule has 5 heteroatoms. The monoisotopic (exact) mass is 406 g/mol. The third-order valence-electron chi connectivity index (χ3n) is 5.34. The molecule has 0 aromatic heterocycles. The zero-order valence-corrected chi connectivity index (χ0v) is 19.0. The largest absolute Gasteiger partial charge is 0.494 e. The van der Waals surface area contributed by atoms with Gasteiger partial charge in [0.05, 0.1) is 19.8 Å². The molecule has 0 radical (unpaired) electrons. The molecule has 1 aliphatic rings. The number of hydrogen-bond donors (Lipinski definition) is 2. The van der Waals surface area contributed by atoms with E-state index in [2.05, 4.69) is 26.0 Å². The van der Waals surface area contributed by atoms with Crippen molar-refractivity contribution in [1.82, 2.24) is 0 Å². The van der Waals surface area contributed by atoms with E-state index in [1.54, 1.807) is 13.8 Å². The van der Waals surface area contributed by atoms with Gasteiger partial charge in [0, 0.05) is 11.8 Å². The van der Waals surface area contributed by atoms with Crippen molar-refractivity contribution in [3.05, 3.63) is 47.0 Å². The standard InChI is InChI=1S/C24H38O5/c1-16(12-9-15-24(4,5)27)10-8-11-17(2)13-14-19-18(3)20(25)22(28-6)23(29-7)21(19)26/h9-10,13,15,18-19,21,26-27H,8,11-12,14H2,1-7H3/b15-9+,16-10-,17-13+/t18-,19-,21-/m1/s1. The molecule has 164 valence electrons. The maximum Gasteiger partial charge on any atom is 0.204 e. The highest BCUT2D eigenvalue weighted by molar-refractivity contribution is 5.97. The molecular weight excluding hydrogens is 368 g/mol. The van der Waals surface area contributed by atoms with Crippen molar-refractivity contribution < 1.29 is 24.5 Å². The quantitative estimate of drug-likeness (QED) is 0.524. The Bertz CT molecular complexity index is 676. The molecule has 0 aromatic rings. The van der Waals surface area contributed by atoms with Gasteiger partial charge in [-0.3, -0.25) is 4.79 Å². The van der Waals surface area contributed by atoms with Crippen LogP contribution in [0.2, 0.25) is 0 Å². The minimum absolute atomic E-state index is 0.122. The van der Waals surface area contributed by atoms with E-state index in [0.29, 0.717) is 6.42 Å². The second kappa shape index (κ2) is 11.4.